The summed E-state index contributed by atoms with van der Waals surface area (Å²) in [7, 11) is 0. The minimum Gasteiger partial charge on any atom is -0.351 e. The number of hydrogen-bond acceptors (Lipinski definition) is 1. The molecule has 1 atom stereocenters. The first-order valence-corrected chi connectivity index (χ1v) is 7.38. The molecule has 2 aliphatic rings. The zero-order chi connectivity index (χ0) is 13.0. The molecular formula is C16H26N2. The first kappa shape index (κ1) is 12.3. The molecule has 2 aliphatic carbocycles. The zero-order valence-electron chi connectivity index (χ0n) is 12.0. The third kappa shape index (κ3) is 2.01. The molecular weight excluding hydrogens is 220 g/mol. The molecule has 3 rings (SSSR count). The van der Waals surface area contributed by atoms with Crippen molar-refractivity contribution in [2.45, 2.75) is 65.5 Å². The van der Waals surface area contributed by atoms with Crippen molar-refractivity contribution in [3.8, 4) is 0 Å². The van der Waals surface area contributed by atoms with Gasteiger partial charge < -0.3 is 10.3 Å². The van der Waals surface area contributed by atoms with E-state index >= 15 is 0 Å². The van der Waals surface area contributed by atoms with E-state index < -0.39 is 0 Å². The van der Waals surface area contributed by atoms with E-state index in [1.165, 1.54) is 43.5 Å². The van der Waals surface area contributed by atoms with Crippen molar-refractivity contribution in [1.82, 2.24) is 4.57 Å². The lowest BCUT2D eigenvalue weighted by molar-refractivity contribution is 0.270. The van der Waals surface area contributed by atoms with Crippen LogP contribution in [0.4, 0.5) is 0 Å². The van der Waals surface area contributed by atoms with E-state index in [9.17, 15) is 0 Å². The van der Waals surface area contributed by atoms with Gasteiger partial charge in [-0.2, -0.15) is 0 Å². The lowest BCUT2D eigenvalue weighted by Gasteiger charge is -2.35. The fourth-order valence-corrected chi connectivity index (χ4v) is 3.60. The summed E-state index contributed by atoms with van der Waals surface area (Å²) in [5, 5.41) is 0. The van der Waals surface area contributed by atoms with Crippen LogP contribution in [0.5, 0.6) is 0 Å². The molecule has 0 aliphatic heterocycles. The number of rotatable bonds is 3. The predicted molar refractivity (Wildman–Crippen MR) is 75.4 cm³/mol. The van der Waals surface area contributed by atoms with Gasteiger partial charge in [-0.05, 0) is 54.6 Å². The Labute approximate surface area is 111 Å². The Morgan fingerprint density at radius 2 is 2.11 bits per heavy atom. The lowest BCUT2D eigenvalue weighted by atomic mass is 9.74. The molecule has 1 aromatic rings. The summed E-state index contributed by atoms with van der Waals surface area (Å²) >= 11 is 0. The van der Waals surface area contributed by atoms with Gasteiger partial charge in [0.25, 0.3) is 0 Å². The Bertz CT molecular complexity index is 452. The van der Waals surface area contributed by atoms with Crippen LogP contribution in [0.15, 0.2) is 12.3 Å². The Kier molecular flexibility index (Phi) is 2.64. The molecule has 1 unspecified atom stereocenters. The fraction of sp³-hybridized carbons (Fsp3) is 0.750. The number of nitrogens with two attached hydrogens (primary N) is 1. The van der Waals surface area contributed by atoms with E-state index in [1.54, 1.807) is 0 Å². The van der Waals surface area contributed by atoms with Crippen LogP contribution in [-0.4, -0.2) is 4.57 Å². The summed E-state index contributed by atoms with van der Waals surface area (Å²) in [5.74, 6) is 0. The predicted octanol–water partition coefficient (Wildman–Crippen LogP) is 3.65. The smallest absolute Gasteiger partial charge is 0.0318 e. The molecule has 1 heterocycles. The van der Waals surface area contributed by atoms with Crippen LogP contribution in [-0.2, 0) is 13.0 Å². The van der Waals surface area contributed by atoms with Gasteiger partial charge in [-0.25, -0.2) is 0 Å². The average molecular weight is 246 g/mol. The Morgan fingerprint density at radius 3 is 2.72 bits per heavy atom. The summed E-state index contributed by atoms with van der Waals surface area (Å²) < 4.78 is 2.51. The van der Waals surface area contributed by atoms with Crippen molar-refractivity contribution in [3.63, 3.8) is 0 Å². The summed E-state index contributed by atoms with van der Waals surface area (Å²) in [6, 6.07) is 2.50. The first-order chi connectivity index (χ1) is 8.45. The van der Waals surface area contributed by atoms with Gasteiger partial charge in [0.2, 0.25) is 0 Å². The second-order valence-electron chi connectivity index (χ2n) is 7.35. The molecule has 0 aromatic carbocycles. The SMILES string of the molecule is CCC1(Cn2ccc3c2CC(C)(C)CC3N)CC1. The molecule has 1 fully saturated rings. The van der Waals surface area contributed by atoms with Crippen molar-refractivity contribution in [1.29, 1.82) is 0 Å². The molecule has 18 heavy (non-hydrogen) atoms. The van der Waals surface area contributed by atoms with E-state index in [4.69, 9.17) is 5.73 Å². The molecule has 0 spiro atoms. The molecule has 2 N–H and O–H groups in total. The van der Waals surface area contributed by atoms with E-state index in [1.807, 2.05) is 0 Å². The molecule has 100 valence electrons. The Balaban J connectivity index is 1.90. The Morgan fingerprint density at radius 1 is 1.39 bits per heavy atom. The molecule has 0 amide bonds. The van der Waals surface area contributed by atoms with Crippen LogP contribution in [0.1, 0.15) is 63.8 Å². The average Bonchev–Trinajstić information content (AvgIpc) is 2.95. The van der Waals surface area contributed by atoms with Crippen molar-refractivity contribution in [2.75, 3.05) is 0 Å². The second-order valence-corrected chi connectivity index (χ2v) is 7.35. The minimum absolute atomic E-state index is 0.238. The number of aromatic nitrogens is 1. The highest BCUT2D eigenvalue weighted by Gasteiger charge is 2.42. The largest absolute Gasteiger partial charge is 0.351 e. The van der Waals surface area contributed by atoms with Crippen LogP contribution >= 0.6 is 0 Å². The topological polar surface area (TPSA) is 30.9 Å². The number of fused-ring (bicyclic) bond motifs is 1. The van der Waals surface area contributed by atoms with Crippen molar-refractivity contribution in [3.05, 3.63) is 23.5 Å². The molecule has 2 heteroatoms. The van der Waals surface area contributed by atoms with Crippen LogP contribution in [0.25, 0.3) is 0 Å². The molecule has 0 radical (unpaired) electrons. The Hall–Kier alpha value is -0.760. The van der Waals surface area contributed by atoms with E-state index in [-0.39, 0.29) is 6.04 Å². The van der Waals surface area contributed by atoms with Crippen LogP contribution in [0, 0.1) is 10.8 Å². The molecule has 0 bridgehead atoms. The first-order valence-electron chi connectivity index (χ1n) is 7.38. The number of nitrogens with zero attached hydrogens (tertiary/aromatic N) is 1. The van der Waals surface area contributed by atoms with Gasteiger partial charge in [0, 0.05) is 24.5 Å². The van der Waals surface area contributed by atoms with Crippen LogP contribution < -0.4 is 5.73 Å². The van der Waals surface area contributed by atoms with Crippen LogP contribution in [0.3, 0.4) is 0 Å². The third-order valence-electron chi connectivity index (χ3n) is 5.14. The van der Waals surface area contributed by atoms with Gasteiger partial charge in [0.15, 0.2) is 0 Å². The quantitative estimate of drug-likeness (QED) is 0.867. The molecule has 1 aromatic heterocycles. The van der Waals surface area contributed by atoms with Gasteiger partial charge in [-0.15, -0.1) is 0 Å². The number of hydrogen-bond donors (Lipinski definition) is 1. The lowest BCUT2D eigenvalue weighted by Crippen LogP contribution is -2.31. The zero-order valence-corrected chi connectivity index (χ0v) is 12.0. The van der Waals surface area contributed by atoms with Gasteiger partial charge in [-0.3, -0.25) is 0 Å². The minimum atomic E-state index is 0.238. The van der Waals surface area contributed by atoms with Crippen molar-refractivity contribution >= 4 is 0 Å². The summed E-state index contributed by atoms with van der Waals surface area (Å²) in [5.41, 5.74) is 10.2. The van der Waals surface area contributed by atoms with Gasteiger partial charge >= 0.3 is 0 Å². The van der Waals surface area contributed by atoms with E-state index in [2.05, 4.69) is 37.6 Å². The summed E-state index contributed by atoms with van der Waals surface area (Å²) in [6.45, 7) is 8.24. The molecule has 2 nitrogen and oxygen atoms in total. The fourth-order valence-electron chi connectivity index (χ4n) is 3.60. The van der Waals surface area contributed by atoms with Gasteiger partial charge in [0.1, 0.15) is 0 Å². The van der Waals surface area contributed by atoms with E-state index in [0.717, 1.165) is 6.42 Å². The van der Waals surface area contributed by atoms with Crippen molar-refractivity contribution in [2.24, 2.45) is 16.6 Å². The maximum atomic E-state index is 6.33. The highest BCUT2D eigenvalue weighted by molar-refractivity contribution is 5.30. The molecule has 0 saturated heterocycles. The monoisotopic (exact) mass is 246 g/mol. The highest BCUT2D eigenvalue weighted by Crippen LogP contribution is 2.51. The summed E-state index contributed by atoms with van der Waals surface area (Å²) in [4.78, 5) is 0. The summed E-state index contributed by atoms with van der Waals surface area (Å²) in [6.07, 6.45) is 8.71. The van der Waals surface area contributed by atoms with E-state index in [0.29, 0.717) is 10.8 Å². The second kappa shape index (κ2) is 3.86. The maximum absolute atomic E-state index is 6.33. The van der Waals surface area contributed by atoms with Crippen LogP contribution in [0.2, 0.25) is 0 Å². The van der Waals surface area contributed by atoms with Gasteiger partial charge in [0.05, 0.1) is 0 Å². The van der Waals surface area contributed by atoms with Crippen molar-refractivity contribution < 1.29 is 0 Å². The maximum Gasteiger partial charge on any atom is 0.0318 e. The normalized spacial score (nSPS) is 27.9. The van der Waals surface area contributed by atoms with Gasteiger partial charge in [-0.1, -0.05) is 20.8 Å². The standard InChI is InChI=1S/C16H26N2/c1-4-16(6-7-16)11-18-8-5-12-13(17)9-15(2,3)10-14(12)18/h5,8,13H,4,6-7,9-11,17H2,1-3H3. The molecule has 1 saturated carbocycles. The highest BCUT2D eigenvalue weighted by atomic mass is 15.0. The third-order valence-corrected chi connectivity index (χ3v) is 5.14.